The monoisotopic (exact) mass is 560 g/mol. The van der Waals surface area contributed by atoms with Crippen LogP contribution in [0.1, 0.15) is 48.3 Å². The molecule has 0 fully saturated rings. The Bertz CT molecular complexity index is 1380. The number of anilines is 1. The lowest BCUT2D eigenvalue weighted by atomic mass is 10.0. The smallest absolute Gasteiger partial charge is 0.331 e. The number of carboxylic acid groups (broad SMARTS) is 1. The van der Waals surface area contributed by atoms with E-state index >= 15 is 0 Å². The first kappa shape index (κ1) is 28.5. The Hall–Kier alpha value is -3.55. The number of thioether (sulfide) groups is 1. The third-order valence-corrected chi connectivity index (χ3v) is 7.73. The summed E-state index contributed by atoms with van der Waals surface area (Å²) in [7, 11) is 0. The quantitative estimate of drug-likeness (QED) is 0.128. The highest BCUT2D eigenvalue weighted by Crippen LogP contribution is 2.32. The van der Waals surface area contributed by atoms with Crippen molar-refractivity contribution in [3.63, 3.8) is 0 Å². The van der Waals surface area contributed by atoms with Gasteiger partial charge in [-0.2, -0.15) is 0 Å². The van der Waals surface area contributed by atoms with E-state index in [0.29, 0.717) is 23.7 Å². The third-order valence-electron chi connectivity index (χ3n) is 6.44. The molecule has 202 valence electrons. The summed E-state index contributed by atoms with van der Waals surface area (Å²) in [5.74, 6) is 0.756. The van der Waals surface area contributed by atoms with E-state index in [1.54, 1.807) is 17.8 Å². The van der Waals surface area contributed by atoms with E-state index < -0.39 is 12.0 Å². The molecule has 1 aromatic heterocycles. The van der Waals surface area contributed by atoms with Crippen LogP contribution < -0.4 is 4.90 Å². The summed E-state index contributed by atoms with van der Waals surface area (Å²) < 4.78 is 2.17. The molecule has 0 saturated heterocycles. The summed E-state index contributed by atoms with van der Waals surface area (Å²) in [5.41, 5.74) is 3.71. The van der Waals surface area contributed by atoms with Gasteiger partial charge in [-0.1, -0.05) is 103 Å². The SMILES string of the molecule is C=CCN(c1ccccc1Cn1c(CCCC)nnc1SCc1ccc(Cl)cc1)C(C(=O)O)c1ccccc1. The van der Waals surface area contributed by atoms with E-state index in [4.69, 9.17) is 11.6 Å². The number of hydrogen-bond donors (Lipinski definition) is 1. The molecule has 0 radical (unpaired) electrons. The van der Waals surface area contributed by atoms with E-state index in [-0.39, 0.29) is 0 Å². The molecule has 0 amide bonds. The topological polar surface area (TPSA) is 71.2 Å². The Morgan fingerprint density at radius 2 is 1.79 bits per heavy atom. The van der Waals surface area contributed by atoms with Gasteiger partial charge in [0.2, 0.25) is 0 Å². The molecule has 6 nitrogen and oxygen atoms in total. The van der Waals surface area contributed by atoms with Crippen molar-refractivity contribution in [2.75, 3.05) is 11.4 Å². The molecule has 0 bridgehead atoms. The molecule has 39 heavy (non-hydrogen) atoms. The minimum atomic E-state index is -0.912. The molecule has 4 aromatic rings. The molecular weight excluding hydrogens is 528 g/mol. The van der Waals surface area contributed by atoms with Crippen molar-refractivity contribution < 1.29 is 9.90 Å². The van der Waals surface area contributed by atoms with Gasteiger partial charge in [-0.15, -0.1) is 16.8 Å². The highest BCUT2D eigenvalue weighted by atomic mass is 35.5. The van der Waals surface area contributed by atoms with Gasteiger partial charge in [0.05, 0.1) is 6.54 Å². The van der Waals surface area contributed by atoms with Gasteiger partial charge in [0, 0.05) is 29.4 Å². The van der Waals surface area contributed by atoms with E-state index in [0.717, 1.165) is 52.8 Å². The van der Waals surface area contributed by atoms with E-state index in [9.17, 15) is 9.90 Å². The molecule has 0 saturated carbocycles. The number of aryl methyl sites for hydroxylation is 1. The first-order valence-electron chi connectivity index (χ1n) is 13.0. The molecule has 8 heteroatoms. The van der Waals surface area contributed by atoms with Crippen molar-refractivity contribution in [1.29, 1.82) is 0 Å². The number of rotatable bonds is 14. The summed E-state index contributed by atoms with van der Waals surface area (Å²) in [4.78, 5) is 14.5. The highest BCUT2D eigenvalue weighted by molar-refractivity contribution is 7.98. The summed E-state index contributed by atoms with van der Waals surface area (Å²) in [6.07, 6.45) is 4.64. The predicted molar refractivity (Wildman–Crippen MR) is 160 cm³/mol. The Morgan fingerprint density at radius 3 is 2.49 bits per heavy atom. The minimum Gasteiger partial charge on any atom is -0.479 e. The van der Waals surface area contributed by atoms with Crippen LogP contribution in [0.2, 0.25) is 5.02 Å². The van der Waals surface area contributed by atoms with Crippen LogP contribution in [0.5, 0.6) is 0 Å². The lowest BCUT2D eigenvalue weighted by Gasteiger charge is -2.32. The first-order valence-corrected chi connectivity index (χ1v) is 14.4. The Kier molecular flexibility index (Phi) is 10.2. The lowest BCUT2D eigenvalue weighted by Crippen LogP contribution is -2.35. The average molecular weight is 561 g/mol. The molecule has 0 aliphatic heterocycles. The van der Waals surface area contributed by atoms with Gasteiger partial charge >= 0.3 is 5.97 Å². The number of aliphatic carboxylic acids is 1. The number of carbonyl (C=O) groups is 1. The van der Waals surface area contributed by atoms with Crippen LogP contribution in [-0.4, -0.2) is 32.4 Å². The molecule has 0 aliphatic rings. The number of para-hydroxylation sites is 1. The molecule has 0 spiro atoms. The number of unbranched alkanes of at least 4 members (excludes halogenated alkanes) is 1. The summed E-state index contributed by atoms with van der Waals surface area (Å²) >= 11 is 7.69. The van der Waals surface area contributed by atoms with Gasteiger partial charge < -0.3 is 14.6 Å². The number of benzene rings is 3. The van der Waals surface area contributed by atoms with Crippen LogP contribution in [0, 0.1) is 0 Å². The molecule has 4 rings (SSSR count). The van der Waals surface area contributed by atoms with Gasteiger partial charge in [-0.3, -0.25) is 0 Å². The van der Waals surface area contributed by atoms with Crippen LogP contribution in [0.15, 0.2) is 96.7 Å². The Labute approximate surface area is 239 Å². The summed E-state index contributed by atoms with van der Waals surface area (Å²) in [6, 6.07) is 24.3. The molecule has 1 heterocycles. The maximum Gasteiger partial charge on any atom is 0.331 e. The van der Waals surface area contributed by atoms with Crippen LogP contribution in [0.25, 0.3) is 0 Å². The van der Waals surface area contributed by atoms with Crippen LogP contribution in [0.4, 0.5) is 5.69 Å². The largest absolute Gasteiger partial charge is 0.479 e. The van der Waals surface area contributed by atoms with Gasteiger partial charge in [-0.25, -0.2) is 4.79 Å². The van der Waals surface area contributed by atoms with Crippen molar-refractivity contribution in [3.05, 3.63) is 119 Å². The Balaban J connectivity index is 1.70. The highest BCUT2D eigenvalue weighted by Gasteiger charge is 2.28. The van der Waals surface area contributed by atoms with Crippen LogP contribution >= 0.6 is 23.4 Å². The van der Waals surface area contributed by atoms with Crippen molar-refractivity contribution >= 4 is 35.0 Å². The Morgan fingerprint density at radius 1 is 1.08 bits per heavy atom. The van der Waals surface area contributed by atoms with E-state index in [1.807, 2.05) is 83.8 Å². The zero-order valence-electron chi connectivity index (χ0n) is 22.0. The maximum atomic E-state index is 12.6. The van der Waals surface area contributed by atoms with Crippen LogP contribution in [-0.2, 0) is 23.5 Å². The standard InChI is InChI=1S/C31H33ClN4O2S/c1-3-5-15-28-33-34-31(39-22-23-16-18-26(32)19-17-23)36(28)21-25-13-9-10-14-27(25)35(20-4-2)29(30(37)38)24-11-7-6-8-12-24/h4,6-14,16-19,29H,2-3,5,15,20-22H2,1H3,(H,37,38). The second-order valence-corrected chi connectivity index (χ2v) is 10.6. The number of aromatic nitrogens is 3. The maximum absolute atomic E-state index is 12.6. The number of hydrogen-bond acceptors (Lipinski definition) is 5. The fourth-order valence-electron chi connectivity index (χ4n) is 4.50. The molecule has 0 aliphatic carbocycles. The summed E-state index contributed by atoms with van der Waals surface area (Å²) in [6.45, 7) is 6.99. The van der Waals surface area contributed by atoms with E-state index in [2.05, 4.69) is 28.3 Å². The second kappa shape index (κ2) is 14.0. The normalized spacial score (nSPS) is 11.7. The van der Waals surface area contributed by atoms with Crippen molar-refractivity contribution in [3.8, 4) is 0 Å². The predicted octanol–water partition coefficient (Wildman–Crippen LogP) is 7.43. The summed E-state index contributed by atoms with van der Waals surface area (Å²) in [5, 5.41) is 20.9. The zero-order valence-corrected chi connectivity index (χ0v) is 23.6. The number of carboxylic acids is 1. The second-order valence-electron chi connectivity index (χ2n) is 9.22. The molecular formula is C31H33ClN4O2S. The fraction of sp³-hybridized carbons (Fsp3) is 0.258. The van der Waals surface area contributed by atoms with Gasteiger partial charge in [0.15, 0.2) is 11.2 Å². The van der Waals surface area contributed by atoms with Crippen molar-refractivity contribution in [2.24, 2.45) is 0 Å². The number of halogens is 1. The van der Waals surface area contributed by atoms with E-state index in [1.165, 1.54) is 0 Å². The molecule has 1 unspecified atom stereocenters. The first-order chi connectivity index (χ1) is 19.0. The van der Waals surface area contributed by atoms with Gasteiger partial charge in [-0.05, 0) is 41.3 Å². The molecule has 1 atom stereocenters. The average Bonchev–Trinajstić information content (AvgIpc) is 3.33. The number of nitrogens with zero attached hydrogens (tertiary/aromatic N) is 4. The van der Waals surface area contributed by atoms with Gasteiger partial charge in [0.25, 0.3) is 0 Å². The zero-order chi connectivity index (χ0) is 27.6. The third kappa shape index (κ3) is 7.31. The minimum absolute atomic E-state index is 0.381. The van der Waals surface area contributed by atoms with Crippen molar-refractivity contribution in [1.82, 2.24) is 14.8 Å². The fourth-order valence-corrected chi connectivity index (χ4v) is 5.54. The van der Waals surface area contributed by atoms with Crippen molar-refractivity contribution in [2.45, 2.75) is 49.7 Å². The lowest BCUT2D eigenvalue weighted by molar-refractivity contribution is -0.138. The van der Waals surface area contributed by atoms with Gasteiger partial charge in [0.1, 0.15) is 5.82 Å². The molecule has 1 N–H and O–H groups in total. The molecule has 3 aromatic carbocycles. The van der Waals surface area contributed by atoms with Crippen LogP contribution in [0.3, 0.4) is 0 Å².